The zero-order valence-electron chi connectivity index (χ0n) is 11.1. The molecule has 4 nitrogen and oxygen atoms in total. The fourth-order valence-electron chi connectivity index (χ4n) is 2.60. The van der Waals surface area contributed by atoms with Gasteiger partial charge in [-0.15, -0.1) is 0 Å². The van der Waals surface area contributed by atoms with Crippen LogP contribution in [0.2, 0.25) is 0 Å². The molecule has 5 heteroatoms. The molecule has 0 aliphatic heterocycles. The van der Waals surface area contributed by atoms with Crippen LogP contribution in [0.15, 0.2) is 30.6 Å². The van der Waals surface area contributed by atoms with Crippen LogP contribution in [-0.2, 0) is 0 Å². The highest BCUT2D eigenvalue weighted by molar-refractivity contribution is 9.09. The first-order chi connectivity index (χ1) is 9.74. The molecule has 1 amide bonds. The van der Waals surface area contributed by atoms with Crippen LogP contribution in [0.5, 0.6) is 0 Å². The van der Waals surface area contributed by atoms with Gasteiger partial charge in [0.05, 0.1) is 11.0 Å². The summed E-state index contributed by atoms with van der Waals surface area (Å²) < 4.78 is 0. The Balaban J connectivity index is 1.78. The number of aromatic nitrogens is 2. The molecule has 104 valence electrons. The molecule has 0 spiro atoms. The molecule has 1 aromatic carbocycles. The summed E-state index contributed by atoms with van der Waals surface area (Å²) in [7, 11) is 0. The Hall–Kier alpha value is -1.49. The summed E-state index contributed by atoms with van der Waals surface area (Å²) in [6.45, 7) is 0. The minimum absolute atomic E-state index is 0.0334. The van der Waals surface area contributed by atoms with Gasteiger partial charge in [0.2, 0.25) is 0 Å². The van der Waals surface area contributed by atoms with Crippen LogP contribution in [0.1, 0.15) is 36.0 Å². The number of hydrogen-bond acceptors (Lipinski definition) is 3. The molecule has 20 heavy (non-hydrogen) atoms. The largest absolute Gasteiger partial charge is 0.348 e. The van der Waals surface area contributed by atoms with E-state index in [4.69, 9.17) is 0 Å². The molecule has 1 fully saturated rings. The van der Waals surface area contributed by atoms with Gasteiger partial charge in [-0.1, -0.05) is 28.8 Å². The maximum Gasteiger partial charge on any atom is 0.251 e. The van der Waals surface area contributed by atoms with Gasteiger partial charge in [-0.25, -0.2) is 0 Å². The summed E-state index contributed by atoms with van der Waals surface area (Å²) in [6, 6.07) is 5.65. The Labute approximate surface area is 126 Å². The number of alkyl halides is 1. The Kier molecular flexibility index (Phi) is 3.96. The molecule has 1 heterocycles. The quantitative estimate of drug-likeness (QED) is 0.859. The summed E-state index contributed by atoms with van der Waals surface area (Å²) in [5.41, 5.74) is 2.20. The molecular weight excluding hydrogens is 318 g/mol. The first kappa shape index (κ1) is 13.5. The number of nitrogens with one attached hydrogen (secondary N) is 1. The van der Waals surface area contributed by atoms with Crippen LogP contribution >= 0.6 is 15.9 Å². The van der Waals surface area contributed by atoms with Gasteiger partial charge >= 0.3 is 0 Å². The third-order valence-electron chi connectivity index (χ3n) is 3.73. The van der Waals surface area contributed by atoms with Crippen molar-refractivity contribution in [1.29, 1.82) is 0 Å². The third-order valence-corrected chi connectivity index (χ3v) is 4.83. The molecular formula is C15H16BrN3O. The topological polar surface area (TPSA) is 54.9 Å². The van der Waals surface area contributed by atoms with E-state index in [0.29, 0.717) is 10.4 Å². The lowest BCUT2D eigenvalue weighted by atomic mass is 9.95. The van der Waals surface area contributed by atoms with Gasteiger partial charge in [0.25, 0.3) is 5.91 Å². The average Bonchev–Trinajstić information content (AvgIpc) is 2.49. The Morgan fingerprint density at radius 2 is 1.90 bits per heavy atom. The van der Waals surface area contributed by atoms with Crippen LogP contribution in [0.3, 0.4) is 0 Å². The number of carbonyl (C=O) groups is 1. The van der Waals surface area contributed by atoms with E-state index >= 15 is 0 Å². The first-order valence-corrected chi connectivity index (χ1v) is 7.81. The predicted octanol–water partition coefficient (Wildman–Crippen LogP) is 3.07. The average molecular weight is 334 g/mol. The molecule has 0 saturated heterocycles. The smallest absolute Gasteiger partial charge is 0.251 e. The minimum Gasteiger partial charge on any atom is -0.348 e. The standard InChI is InChI=1S/C15H16BrN3O/c16-11-3-1-2-4-12(11)19-15(20)10-5-6-13-14(9-10)18-8-7-17-13/h5-9,11-12H,1-4H2,(H,19,20). The van der Waals surface area contributed by atoms with Crippen LogP contribution in [0.4, 0.5) is 0 Å². The Bertz CT molecular complexity index is 631. The van der Waals surface area contributed by atoms with Gasteiger partial charge in [-0.3, -0.25) is 14.8 Å². The van der Waals surface area contributed by atoms with Crippen molar-refractivity contribution in [3.63, 3.8) is 0 Å². The number of benzene rings is 1. The summed E-state index contributed by atoms with van der Waals surface area (Å²) in [5.74, 6) is -0.0334. The van der Waals surface area contributed by atoms with Gasteiger partial charge in [0.15, 0.2) is 0 Å². The van der Waals surface area contributed by atoms with E-state index in [1.165, 1.54) is 12.8 Å². The number of hydrogen-bond donors (Lipinski definition) is 1. The van der Waals surface area contributed by atoms with Crippen LogP contribution in [0, 0.1) is 0 Å². The SMILES string of the molecule is O=C(NC1CCCCC1Br)c1ccc2nccnc2c1. The molecule has 2 atom stereocenters. The monoisotopic (exact) mass is 333 g/mol. The molecule has 1 aromatic heterocycles. The zero-order valence-corrected chi connectivity index (χ0v) is 12.6. The highest BCUT2D eigenvalue weighted by atomic mass is 79.9. The third kappa shape index (κ3) is 2.82. The Morgan fingerprint density at radius 1 is 1.15 bits per heavy atom. The first-order valence-electron chi connectivity index (χ1n) is 6.90. The van der Waals surface area contributed by atoms with Gasteiger partial charge in [-0.2, -0.15) is 0 Å². The van der Waals surface area contributed by atoms with Crippen molar-refractivity contribution >= 4 is 32.9 Å². The summed E-state index contributed by atoms with van der Waals surface area (Å²) in [5, 5.41) is 3.12. The van der Waals surface area contributed by atoms with E-state index < -0.39 is 0 Å². The lowest BCUT2D eigenvalue weighted by molar-refractivity contribution is 0.0930. The molecule has 2 aromatic rings. The summed E-state index contributed by atoms with van der Waals surface area (Å²) >= 11 is 3.66. The number of amides is 1. The lowest BCUT2D eigenvalue weighted by Gasteiger charge is -2.28. The predicted molar refractivity (Wildman–Crippen MR) is 82.0 cm³/mol. The highest BCUT2D eigenvalue weighted by Gasteiger charge is 2.24. The molecule has 1 N–H and O–H groups in total. The number of nitrogens with zero attached hydrogens (tertiary/aromatic N) is 2. The van der Waals surface area contributed by atoms with Crippen molar-refractivity contribution in [2.75, 3.05) is 0 Å². The van der Waals surface area contributed by atoms with Crippen LogP contribution in [-0.4, -0.2) is 26.7 Å². The number of halogens is 1. The molecule has 1 saturated carbocycles. The van der Waals surface area contributed by atoms with Crippen molar-refractivity contribution in [2.24, 2.45) is 0 Å². The molecule has 1 aliphatic carbocycles. The van der Waals surface area contributed by atoms with Crippen molar-refractivity contribution in [3.8, 4) is 0 Å². The van der Waals surface area contributed by atoms with E-state index in [2.05, 4.69) is 31.2 Å². The van der Waals surface area contributed by atoms with Crippen LogP contribution < -0.4 is 5.32 Å². The molecule has 0 bridgehead atoms. The normalized spacial score (nSPS) is 22.6. The van der Waals surface area contributed by atoms with E-state index in [0.717, 1.165) is 23.9 Å². The second-order valence-corrected chi connectivity index (χ2v) is 6.32. The fourth-order valence-corrected chi connectivity index (χ4v) is 3.32. The van der Waals surface area contributed by atoms with Gasteiger partial charge < -0.3 is 5.32 Å². The van der Waals surface area contributed by atoms with E-state index in [-0.39, 0.29) is 11.9 Å². The second-order valence-electron chi connectivity index (χ2n) is 5.14. The highest BCUT2D eigenvalue weighted by Crippen LogP contribution is 2.24. The van der Waals surface area contributed by atoms with E-state index in [1.807, 2.05) is 6.07 Å². The second kappa shape index (κ2) is 5.87. The number of carbonyl (C=O) groups excluding carboxylic acids is 1. The lowest BCUT2D eigenvalue weighted by Crippen LogP contribution is -2.42. The van der Waals surface area contributed by atoms with Gasteiger partial charge in [0, 0.05) is 28.8 Å². The maximum absolute atomic E-state index is 12.3. The molecule has 3 rings (SSSR count). The van der Waals surface area contributed by atoms with Gasteiger partial charge in [0.1, 0.15) is 0 Å². The Morgan fingerprint density at radius 3 is 2.70 bits per heavy atom. The van der Waals surface area contributed by atoms with Gasteiger partial charge in [-0.05, 0) is 31.0 Å². The van der Waals surface area contributed by atoms with Crippen LogP contribution in [0.25, 0.3) is 11.0 Å². The molecule has 0 radical (unpaired) electrons. The molecule has 1 aliphatic rings. The van der Waals surface area contributed by atoms with E-state index in [1.54, 1.807) is 24.5 Å². The zero-order chi connectivity index (χ0) is 13.9. The molecule has 2 unspecified atom stereocenters. The number of fused-ring (bicyclic) bond motifs is 1. The van der Waals surface area contributed by atoms with Crippen molar-refractivity contribution in [1.82, 2.24) is 15.3 Å². The summed E-state index contributed by atoms with van der Waals surface area (Å²) in [4.78, 5) is 21.1. The van der Waals surface area contributed by atoms with E-state index in [9.17, 15) is 4.79 Å². The fraction of sp³-hybridized carbons (Fsp3) is 0.400. The van der Waals surface area contributed by atoms with Crippen molar-refractivity contribution in [2.45, 2.75) is 36.6 Å². The minimum atomic E-state index is -0.0334. The number of rotatable bonds is 2. The maximum atomic E-state index is 12.3. The summed E-state index contributed by atoms with van der Waals surface area (Å²) in [6.07, 6.45) is 7.85. The van der Waals surface area contributed by atoms with Crippen molar-refractivity contribution < 1.29 is 4.79 Å². The van der Waals surface area contributed by atoms with Crippen molar-refractivity contribution in [3.05, 3.63) is 36.2 Å².